The molecule has 0 radical (unpaired) electrons. The van der Waals surface area contributed by atoms with E-state index in [9.17, 15) is 0 Å². The summed E-state index contributed by atoms with van der Waals surface area (Å²) in [5, 5.41) is 4.06. The molecule has 0 N–H and O–H groups in total. The highest BCUT2D eigenvalue weighted by atomic mass is 16.5. The molecular weight excluding hydrogens is 386 g/mol. The van der Waals surface area contributed by atoms with Gasteiger partial charge in [0.1, 0.15) is 29.4 Å². The van der Waals surface area contributed by atoms with Gasteiger partial charge in [-0.1, -0.05) is 11.2 Å². The predicted molar refractivity (Wildman–Crippen MR) is 108 cm³/mol. The van der Waals surface area contributed by atoms with Gasteiger partial charge in [0, 0.05) is 45.2 Å². The molecule has 1 fully saturated rings. The lowest BCUT2D eigenvalue weighted by atomic mass is 9.91. The lowest BCUT2D eigenvalue weighted by Gasteiger charge is -2.38. The summed E-state index contributed by atoms with van der Waals surface area (Å²) in [7, 11) is 3.34. The van der Waals surface area contributed by atoms with Gasteiger partial charge in [0.25, 0.3) is 5.89 Å². The zero-order valence-electron chi connectivity index (χ0n) is 17.2. The molecular formula is C21H25N5O4. The maximum Gasteiger partial charge on any atom is 0.259 e. The Bertz CT molecular complexity index is 941. The van der Waals surface area contributed by atoms with E-state index in [1.165, 1.54) is 0 Å². The molecule has 0 atom stereocenters. The van der Waals surface area contributed by atoms with Crippen LogP contribution in [0.4, 0.5) is 0 Å². The number of nitrogens with zero attached hydrogens (tertiary/aromatic N) is 5. The fourth-order valence-corrected chi connectivity index (χ4v) is 3.55. The molecule has 0 amide bonds. The van der Waals surface area contributed by atoms with Crippen LogP contribution in [0.5, 0.6) is 11.5 Å². The first kappa shape index (κ1) is 20.2. The van der Waals surface area contributed by atoms with E-state index in [0.717, 1.165) is 44.0 Å². The molecule has 30 heavy (non-hydrogen) atoms. The number of ether oxygens (including phenoxy) is 3. The summed E-state index contributed by atoms with van der Waals surface area (Å²) in [5.74, 6) is 2.50. The Balaban J connectivity index is 1.32. The van der Waals surface area contributed by atoms with Gasteiger partial charge < -0.3 is 18.7 Å². The molecule has 1 saturated heterocycles. The van der Waals surface area contributed by atoms with Crippen LogP contribution in [0.1, 0.15) is 18.7 Å². The molecule has 0 saturated carbocycles. The quantitative estimate of drug-likeness (QED) is 0.554. The Hall–Kier alpha value is -3.04. The summed E-state index contributed by atoms with van der Waals surface area (Å²) in [4.78, 5) is 15.1. The van der Waals surface area contributed by atoms with Gasteiger partial charge in [-0.25, -0.2) is 4.98 Å². The zero-order chi connectivity index (χ0) is 20.8. The van der Waals surface area contributed by atoms with Crippen LogP contribution in [0, 0.1) is 0 Å². The van der Waals surface area contributed by atoms with Crippen LogP contribution >= 0.6 is 0 Å². The Labute approximate surface area is 175 Å². The van der Waals surface area contributed by atoms with E-state index in [1.54, 1.807) is 32.8 Å². The third-order valence-corrected chi connectivity index (χ3v) is 5.38. The van der Waals surface area contributed by atoms with Crippen LogP contribution in [0.3, 0.4) is 0 Å². The summed E-state index contributed by atoms with van der Waals surface area (Å²) >= 11 is 0. The van der Waals surface area contributed by atoms with Gasteiger partial charge in [0.05, 0.1) is 13.3 Å². The summed E-state index contributed by atoms with van der Waals surface area (Å²) in [5.41, 5.74) is -0.0108. The number of piperidine rings is 1. The van der Waals surface area contributed by atoms with Crippen molar-refractivity contribution in [1.82, 2.24) is 25.0 Å². The van der Waals surface area contributed by atoms with E-state index >= 15 is 0 Å². The molecule has 0 bridgehead atoms. The number of likely N-dealkylation sites (tertiary alicyclic amines) is 1. The average Bonchev–Trinajstić information content (AvgIpc) is 3.31. The molecule has 9 nitrogen and oxygen atoms in total. The molecule has 2 aromatic heterocycles. The van der Waals surface area contributed by atoms with Gasteiger partial charge in [-0.05, 0) is 25.0 Å². The van der Waals surface area contributed by atoms with Crippen LogP contribution in [-0.4, -0.2) is 65.5 Å². The van der Waals surface area contributed by atoms with Crippen LogP contribution < -0.4 is 9.47 Å². The fourth-order valence-electron chi connectivity index (χ4n) is 3.55. The Morgan fingerprint density at radius 1 is 1.13 bits per heavy atom. The highest BCUT2D eigenvalue weighted by Gasteiger charge is 2.41. The maximum absolute atomic E-state index is 5.86. The molecule has 3 heterocycles. The van der Waals surface area contributed by atoms with Crippen molar-refractivity contribution in [1.29, 1.82) is 0 Å². The molecule has 1 aliphatic rings. The third kappa shape index (κ3) is 4.42. The fraction of sp³-hybridized carbons (Fsp3) is 0.429. The van der Waals surface area contributed by atoms with Crippen molar-refractivity contribution in [2.24, 2.45) is 0 Å². The highest BCUT2D eigenvalue weighted by molar-refractivity contribution is 5.45. The summed E-state index contributed by atoms with van der Waals surface area (Å²) in [6.45, 7) is 3.12. The number of rotatable bonds is 8. The van der Waals surface area contributed by atoms with Gasteiger partial charge in [-0.2, -0.15) is 4.98 Å². The molecule has 158 valence electrons. The average molecular weight is 411 g/mol. The Morgan fingerprint density at radius 3 is 2.70 bits per heavy atom. The minimum absolute atomic E-state index is 0.420. The Kier molecular flexibility index (Phi) is 6.20. The van der Waals surface area contributed by atoms with Crippen molar-refractivity contribution in [2.45, 2.75) is 18.4 Å². The molecule has 3 aromatic rings. The van der Waals surface area contributed by atoms with E-state index < -0.39 is 5.60 Å². The largest absolute Gasteiger partial charge is 0.497 e. The third-order valence-electron chi connectivity index (χ3n) is 5.38. The van der Waals surface area contributed by atoms with Gasteiger partial charge in [0.2, 0.25) is 5.82 Å². The standard InChI is InChI=1S/C21H25N5O4/c1-27-16-4-3-5-17(14-16)29-13-12-26-10-6-21(28-2,7-11-26)20-24-19(25-30-20)18-15-22-8-9-23-18/h3-5,8-9,14-15H,6-7,10-13H2,1-2H3. The van der Waals surface area contributed by atoms with Crippen molar-refractivity contribution >= 4 is 0 Å². The molecule has 9 heteroatoms. The lowest BCUT2D eigenvalue weighted by molar-refractivity contribution is -0.0835. The first-order valence-corrected chi connectivity index (χ1v) is 9.87. The van der Waals surface area contributed by atoms with Crippen molar-refractivity contribution < 1.29 is 18.7 Å². The molecule has 0 spiro atoms. The second-order valence-electron chi connectivity index (χ2n) is 7.08. The summed E-state index contributed by atoms with van der Waals surface area (Å²) in [6.07, 6.45) is 6.33. The SMILES string of the molecule is COc1cccc(OCCN2CCC(OC)(c3nc(-c4cnccn4)no3)CC2)c1. The number of methoxy groups -OCH3 is 2. The predicted octanol–water partition coefficient (Wildman–Crippen LogP) is 2.55. The smallest absolute Gasteiger partial charge is 0.259 e. The normalized spacial score (nSPS) is 16.3. The highest BCUT2D eigenvalue weighted by Crippen LogP contribution is 2.36. The van der Waals surface area contributed by atoms with Crippen molar-refractivity contribution in [3.63, 3.8) is 0 Å². The molecule has 4 rings (SSSR count). The van der Waals surface area contributed by atoms with Gasteiger partial charge in [0.15, 0.2) is 0 Å². The maximum atomic E-state index is 5.86. The lowest BCUT2D eigenvalue weighted by Crippen LogP contribution is -2.45. The summed E-state index contributed by atoms with van der Waals surface area (Å²) in [6, 6.07) is 7.63. The van der Waals surface area contributed by atoms with E-state index in [0.29, 0.717) is 24.0 Å². The monoisotopic (exact) mass is 411 g/mol. The minimum Gasteiger partial charge on any atom is -0.497 e. The van der Waals surface area contributed by atoms with Crippen LogP contribution in [-0.2, 0) is 10.3 Å². The van der Waals surface area contributed by atoms with E-state index in [2.05, 4.69) is 25.0 Å². The molecule has 1 aromatic carbocycles. The van der Waals surface area contributed by atoms with E-state index in [-0.39, 0.29) is 0 Å². The number of benzene rings is 1. The minimum atomic E-state index is -0.586. The van der Waals surface area contributed by atoms with Crippen molar-refractivity contribution in [2.75, 3.05) is 40.5 Å². The van der Waals surface area contributed by atoms with Gasteiger partial charge in [-0.15, -0.1) is 0 Å². The zero-order valence-corrected chi connectivity index (χ0v) is 17.2. The second kappa shape index (κ2) is 9.19. The van der Waals surface area contributed by atoms with Crippen molar-refractivity contribution in [3.8, 4) is 23.0 Å². The molecule has 0 aliphatic carbocycles. The van der Waals surface area contributed by atoms with Crippen LogP contribution in [0.25, 0.3) is 11.5 Å². The molecule has 1 aliphatic heterocycles. The van der Waals surface area contributed by atoms with Gasteiger partial charge >= 0.3 is 0 Å². The number of hydrogen-bond donors (Lipinski definition) is 0. The van der Waals surface area contributed by atoms with Crippen molar-refractivity contribution in [3.05, 3.63) is 48.7 Å². The Morgan fingerprint density at radius 2 is 1.97 bits per heavy atom. The van der Waals surface area contributed by atoms with Crippen LogP contribution in [0.2, 0.25) is 0 Å². The molecule has 0 unspecified atom stereocenters. The second-order valence-corrected chi connectivity index (χ2v) is 7.08. The number of aromatic nitrogens is 4. The first-order chi connectivity index (χ1) is 14.7. The van der Waals surface area contributed by atoms with Crippen LogP contribution in [0.15, 0.2) is 47.4 Å². The topological polar surface area (TPSA) is 95.6 Å². The first-order valence-electron chi connectivity index (χ1n) is 9.87. The van der Waals surface area contributed by atoms with Gasteiger partial charge in [-0.3, -0.25) is 9.88 Å². The summed E-state index contributed by atoms with van der Waals surface area (Å²) < 4.78 is 22.5. The van der Waals surface area contributed by atoms with E-state index in [1.807, 2.05) is 24.3 Å². The number of hydrogen-bond acceptors (Lipinski definition) is 9. The van der Waals surface area contributed by atoms with E-state index in [4.69, 9.17) is 18.7 Å².